The van der Waals surface area contributed by atoms with Crippen LogP contribution in [-0.2, 0) is 31.3 Å². The van der Waals surface area contributed by atoms with Crippen LogP contribution >= 0.6 is 11.8 Å². The zero-order valence-corrected chi connectivity index (χ0v) is 18.1. The molecule has 0 N–H and O–H groups in total. The molecular weight excluding hydrogens is 412 g/mol. The van der Waals surface area contributed by atoms with Gasteiger partial charge in [-0.05, 0) is 76.8 Å². The van der Waals surface area contributed by atoms with E-state index in [2.05, 4.69) is 50.5 Å². The predicted octanol–water partition coefficient (Wildman–Crippen LogP) is 4.62. The summed E-state index contributed by atoms with van der Waals surface area (Å²) in [6, 6.07) is 8.56. The fourth-order valence-electron chi connectivity index (χ4n) is 2.82. The molecule has 1 aromatic carbocycles. The van der Waals surface area contributed by atoms with Gasteiger partial charge in [0.1, 0.15) is 0 Å². The van der Waals surface area contributed by atoms with Crippen molar-refractivity contribution in [2.45, 2.75) is 30.6 Å². The number of thioether (sulfide) groups is 1. The van der Waals surface area contributed by atoms with E-state index in [0.29, 0.717) is 13.2 Å². The monoisotopic (exact) mass is 438 g/mol. The molecular formula is C23H26FeO3S+2. The fourth-order valence-corrected chi connectivity index (χ4v) is 3.77. The summed E-state index contributed by atoms with van der Waals surface area (Å²) < 4.78 is 17.0. The van der Waals surface area contributed by atoms with Crippen molar-refractivity contribution in [3.05, 3.63) is 92.4 Å². The minimum Gasteiger partial charge on any atom is -0.382 e. The second-order valence-corrected chi connectivity index (χ2v) is 7.54. The SMILES string of the molecule is COC[C@@H]1CCO[C@H]([C]2[CH][CH][CH][C]2Sc2ccc(C)cc2)O1.[CH]1[CH][CH][CH][CH]1.[Fe+2]. The normalized spacial score (nSPS) is 25.8. The van der Waals surface area contributed by atoms with Crippen molar-refractivity contribution in [1.82, 2.24) is 0 Å². The smallest absolute Gasteiger partial charge is 0.382 e. The van der Waals surface area contributed by atoms with Crippen molar-refractivity contribution in [3.63, 3.8) is 0 Å². The second-order valence-electron chi connectivity index (χ2n) is 6.43. The summed E-state index contributed by atoms with van der Waals surface area (Å²) in [4.78, 5) is 1.22. The Balaban J connectivity index is 0.000000408. The average Bonchev–Trinajstić information content (AvgIpc) is 3.39. The van der Waals surface area contributed by atoms with Gasteiger partial charge >= 0.3 is 17.1 Å². The third kappa shape index (κ3) is 7.66. The summed E-state index contributed by atoms with van der Waals surface area (Å²) in [5.41, 5.74) is 1.27. The molecule has 3 fully saturated rings. The summed E-state index contributed by atoms with van der Waals surface area (Å²) in [6.07, 6.45) is 16.9. The van der Waals surface area contributed by atoms with Gasteiger partial charge in [0, 0.05) is 12.0 Å². The first-order valence-electron chi connectivity index (χ1n) is 9.19. The van der Waals surface area contributed by atoms with Crippen LogP contribution in [0.4, 0.5) is 0 Å². The number of hydrogen-bond donors (Lipinski definition) is 0. The van der Waals surface area contributed by atoms with Crippen LogP contribution in [0.5, 0.6) is 0 Å². The molecule has 2 aliphatic carbocycles. The summed E-state index contributed by atoms with van der Waals surface area (Å²) >= 11 is 1.75. The number of benzene rings is 1. The van der Waals surface area contributed by atoms with E-state index in [0.717, 1.165) is 12.3 Å². The van der Waals surface area contributed by atoms with Crippen LogP contribution in [0.1, 0.15) is 12.0 Å². The molecule has 1 aromatic rings. The van der Waals surface area contributed by atoms with Crippen molar-refractivity contribution in [3.8, 4) is 0 Å². The summed E-state index contributed by atoms with van der Waals surface area (Å²) in [7, 11) is 1.70. The van der Waals surface area contributed by atoms with E-state index < -0.39 is 0 Å². The third-order valence-electron chi connectivity index (χ3n) is 4.24. The maximum absolute atomic E-state index is 6.01. The van der Waals surface area contributed by atoms with Gasteiger partial charge in [0.2, 0.25) is 0 Å². The molecule has 4 rings (SSSR count). The van der Waals surface area contributed by atoms with E-state index in [1.807, 2.05) is 32.1 Å². The maximum atomic E-state index is 6.01. The van der Waals surface area contributed by atoms with E-state index in [1.54, 1.807) is 18.9 Å². The number of hydrogen-bond acceptors (Lipinski definition) is 4. The second kappa shape index (κ2) is 13.3. The van der Waals surface area contributed by atoms with Crippen molar-refractivity contribution in [2.75, 3.05) is 20.3 Å². The molecule has 1 saturated heterocycles. The van der Waals surface area contributed by atoms with Gasteiger partial charge in [-0.25, -0.2) is 0 Å². The largest absolute Gasteiger partial charge is 2.00 e. The van der Waals surface area contributed by atoms with E-state index in [9.17, 15) is 0 Å². The van der Waals surface area contributed by atoms with E-state index in [4.69, 9.17) is 14.2 Å². The summed E-state index contributed by atoms with van der Waals surface area (Å²) in [5, 5.41) is 1.19. The topological polar surface area (TPSA) is 27.7 Å². The minimum absolute atomic E-state index is 0. The maximum Gasteiger partial charge on any atom is 2.00 e. The molecule has 148 valence electrons. The Hall–Kier alpha value is -0.0305. The van der Waals surface area contributed by atoms with Gasteiger partial charge in [-0.15, -0.1) is 11.8 Å². The van der Waals surface area contributed by atoms with Crippen LogP contribution in [0.15, 0.2) is 29.2 Å². The Morgan fingerprint density at radius 1 is 1.00 bits per heavy atom. The molecule has 0 bridgehead atoms. The number of aryl methyl sites for hydroxylation is 1. The fraction of sp³-hybridized carbons (Fsp3) is 0.304. The van der Waals surface area contributed by atoms with Crippen molar-refractivity contribution in [1.29, 1.82) is 0 Å². The average molecular weight is 438 g/mol. The molecule has 0 aromatic heterocycles. The van der Waals surface area contributed by atoms with Crippen molar-refractivity contribution in [2.24, 2.45) is 0 Å². The quantitative estimate of drug-likeness (QED) is 0.628. The Bertz CT molecular complexity index is 526. The Kier molecular flexibility index (Phi) is 11.5. The standard InChI is InChI=1S/C18H21O3S.C5H5.Fe/c1-13-6-8-15(9-7-13)22-17-5-3-4-16(17)18-20-11-10-14(21-18)12-19-2;1-2-4-5-3-1;/h3-9,14,18H,10-12H2,1-2H3;1-5H;/q;;+2/t14-,18-;;/m0../s1. The Labute approximate surface area is 186 Å². The van der Waals surface area contributed by atoms with E-state index in [1.165, 1.54) is 15.7 Å². The van der Waals surface area contributed by atoms with Crippen molar-refractivity contribution < 1.29 is 31.3 Å². The van der Waals surface area contributed by atoms with Gasteiger partial charge in [0.15, 0.2) is 6.29 Å². The number of methoxy groups -OCH3 is 1. The minimum atomic E-state index is -0.295. The number of rotatable bonds is 5. The zero-order valence-electron chi connectivity index (χ0n) is 16.2. The van der Waals surface area contributed by atoms with Gasteiger partial charge in [-0.2, -0.15) is 0 Å². The van der Waals surface area contributed by atoms with Crippen LogP contribution in [0, 0.1) is 69.5 Å². The van der Waals surface area contributed by atoms with Crippen LogP contribution in [0.2, 0.25) is 0 Å². The van der Waals surface area contributed by atoms with E-state index >= 15 is 0 Å². The van der Waals surface area contributed by atoms with Gasteiger partial charge < -0.3 is 14.2 Å². The third-order valence-corrected chi connectivity index (χ3v) is 5.34. The van der Waals surface area contributed by atoms with Crippen LogP contribution in [0.25, 0.3) is 0 Å². The van der Waals surface area contributed by atoms with Crippen molar-refractivity contribution >= 4 is 11.8 Å². The molecule has 10 radical (unpaired) electrons. The Morgan fingerprint density at radius 3 is 2.32 bits per heavy atom. The molecule has 2 atom stereocenters. The molecule has 0 unspecified atom stereocenters. The van der Waals surface area contributed by atoms with Crippen LogP contribution in [0.3, 0.4) is 0 Å². The molecule has 1 heterocycles. The molecule has 3 nitrogen and oxygen atoms in total. The molecule has 2 saturated carbocycles. The zero-order chi connectivity index (χ0) is 18.9. The molecule has 5 heteroatoms. The van der Waals surface area contributed by atoms with Gasteiger partial charge in [-0.3, -0.25) is 0 Å². The molecule has 28 heavy (non-hydrogen) atoms. The first-order valence-corrected chi connectivity index (χ1v) is 10.0. The van der Waals surface area contributed by atoms with E-state index in [-0.39, 0.29) is 29.5 Å². The molecule has 0 amide bonds. The predicted molar refractivity (Wildman–Crippen MR) is 109 cm³/mol. The van der Waals surface area contributed by atoms with Crippen LogP contribution < -0.4 is 0 Å². The first-order chi connectivity index (χ1) is 13.3. The van der Waals surface area contributed by atoms with Gasteiger partial charge in [-0.1, -0.05) is 17.7 Å². The summed E-state index contributed by atoms with van der Waals surface area (Å²) in [6.45, 7) is 3.42. The molecule has 0 spiro atoms. The summed E-state index contributed by atoms with van der Waals surface area (Å²) in [5.74, 6) is 1.10. The molecule has 3 aliphatic rings. The van der Waals surface area contributed by atoms with Gasteiger partial charge in [0.05, 0.1) is 30.5 Å². The number of ether oxygens (including phenoxy) is 3. The molecule has 1 aliphatic heterocycles. The first kappa shape index (κ1) is 24.2. The van der Waals surface area contributed by atoms with Crippen LogP contribution in [-0.4, -0.2) is 32.7 Å². The van der Waals surface area contributed by atoms with Gasteiger partial charge in [0.25, 0.3) is 0 Å². The Morgan fingerprint density at radius 2 is 1.68 bits per heavy atom.